The molecular formula is C15H26N2S. The molecule has 1 aliphatic carbocycles. The fraction of sp³-hybridized carbons (Fsp3) is 0.733. The van der Waals surface area contributed by atoms with Gasteiger partial charge in [0.15, 0.2) is 0 Å². The Kier molecular flexibility index (Phi) is 4.82. The van der Waals surface area contributed by atoms with Crippen LogP contribution < -0.4 is 5.32 Å². The molecule has 0 bridgehead atoms. The van der Waals surface area contributed by atoms with E-state index >= 15 is 0 Å². The minimum absolute atomic E-state index is 0.392. The summed E-state index contributed by atoms with van der Waals surface area (Å²) in [5.41, 5.74) is 1.82. The maximum atomic E-state index is 3.69. The number of thiophene rings is 1. The molecule has 1 heterocycles. The molecular weight excluding hydrogens is 240 g/mol. The van der Waals surface area contributed by atoms with Crippen LogP contribution in [-0.2, 0) is 6.54 Å². The smallest absolute Gasteiger partial charge is 0.0328 e. The summed E-state index contributed by atoms with van der Waals surface area (Å²) in [5, 5.41) is 5.88. The highest BCUT2D eigenvalue weighted by atomic mass is 32.1. The summed E-state index contributed by atoms with van der Waals surface area (Å²) in [6.45, 7) is 4.35. The first kappa shape index (κ1) is 14.0. The summed E-state index contributed by atoms with van der Waals surface area (Å²) in [7, 11) is 4.48. The molecule has 1 N–H and O–H groups in total. The second-order valence-electron chi connectivity index (χ2n) is 5.81. The van der Waals surface area contributed by atoms with Crippen molar-refractivity contribution in [3.63, 3.8) is 0 Å². The topological polar surface area (TPSA) is 15.3 Å². The van der Waals surface area contributed by atoms with Gasteiger partial charge in [0, 0.05) is 23.5 Å². The van der Waals surface area contributed by atoms with E-state index in [1.165, 1.54) is 42.5 Å². The van der Waals surface area contributed by atoms with E-state index in [1.54, 1.807) is 0 Å². The van der Waals surface area contributed by atoms with Gasteiger partial charge in [-0.25, -0.2) is 0 Å². The molecule has 2 rings (SSSR count). The molecule has 0 radical (unpaired) electrons. The Morgan fingerprint density at radius 2 is 2.00 bits per heavy atom. The van der Waals surface area contributed by atoms with Gasteiger partial charge in [0.1, 0.15) is 0 Å². The van der Waals surface area contributed by atoms with E-state index in [0.29, 0.717) is 5.54 Å². The van der Waals surface area contributed by atoms with E-state index in [2.05, 4.69) is 42.7 Å². The number of aryl methyl sites for hydroxylation is 1. The zero-order chi connectivity index (χ0) is 13.0. The highest BCUT2D eigenvalue weighted by molar-refractivity contribution is 7.10. The fourth-order valence-corrected chi connectivity index (χ4v) is 3.86. The van der Waals surface area contributed by atoms with Crippen molar-refractivity contribution < 1.29 is 0 Å². The number of hydrogen-bond donors (Lipinski definition) is 1. The average molecular weight is 266 g/mol. The first-order valence-electron chi connectivity index (χ1n) is 7.05. The SMILES string of the molecule is Cc1ccsc1CNCC1(N(C)C)CCCCC1. The van der Waals surface area contributed by atoms with Crippen LogP contribution in [0.25, 0.3) is 0 Å². The summed E-state index contributed by atoms with van der Waals surface area (Å²) in [4.78, 5) is 3.93. The molecule has 1 saturated carbocycles. The molecule has 3 heteroatoms. The fourth-order valence-electron chi connectivity index (χ4n) is 2.99. The Balaban J connectivity index is 1.88. The van der Waals surface area contributed by atoms with Crippen LogP contribution in [0.5, 0.6) is 0 Å². The molecule has 0 spiro atoms. The average Bonchev–Trinajstić information content (AvgIpc) is 2.76. The molecule has 1 aromatic rings. The lowest BCUT2D eigenvalue weighted by Crippen LogP contribution is -2.52. The van der Waals surface area contributed by atoms with Gasteiger partial charge in [-0.15, -0.1) is 11.3 Å². The van der Waals surface area contributed by atoms with Crippen molar-refractivity contribution in [3.05, 3.63) is 21.9 Å². The van der Waals surface area contributed by atoms with Crippen molar-refractivity contribution in [1.29, 1.82) is 0 Å². The van der Waals surface area contributed by atoms with Gasteiger partial charge in [-0.1, -0.05) is 19.3 Å². The van der Waals surface area contributed by atoms with Crippen LogP contribution in [0.15, 0.2) is 11.4 Å². The second-order valence-corrected chi connectivity index (χ2v) is 6.81. The third-order valence-electron chi connectivity index (χ3n) is 4.44. The van der Waals surface area contributed by atoms with Crippen LogP contribution in [-0.4, -0.2) is 31.1 Å². The van der Waals surface area contributed by atoms with Crippen LogP contribution in [0.4, 0.5) is 0 Å². The Bertz CT molecular complexity index is 364. The van der Waals surface area contributed by atoms with E-state index in [-0.39, 0.29) is 0 Å². The summed E-state index contributed by atoms with van der Waals surface area (Å²) in [6.07, 6.45) is 6.88. The Morgan fingerprint density at radius 1 is 1.28 bits per heavy atom. The van der Waals surface area contributed by atoms with Gasteiger partial charge in [-0.3, -0.25) is 0 Å². The Labute approximate surface area is 115 Å². The quantitative estimate of drug-likeness (QED) is 0.878. The molecule has 0 atom stereocenters. The Hall–Kier alpha value is -0.380. The molecule has 18 heavy (non-hydrogen) atoms. The van der Waals surface area contributed by atoms with Crippen LogP contribution in [0.2, 0.25) is 0 Å². The van der Waals surface area contributed by atoms with Crippen molar-refractivity contribution in [3.8, 4) is 0 Å². The highest BCUT2D eigenvalue weighted by Crippen LogP contribution is 2.31. The Morgan fingerprint density at radius 3 is 2.56 bits per heavy atom. The van der Waals surface area contributed by atoms with Gasteiger partial charge >= 0.3 is 0 Å². The lowest BCUT2D eigenvalue weighted by Gasteiger charge is -2.43. The van der Waals surface area contributed by atoms with Crippen LogP contribution in [0, 0.1) is 6.92 Å². The molecule has 2 nitrogen and oxygen atoms in total. The lowest BCUT2D eigenvalue weighted by atomic mass is 9.80. The van der Waals surface area contributed by atoms with Gasteiger partial charge in [0.25, 0.3) is 0 Å². The molecule has 1 aromatic heterocycles. The van der Waals surface area contributed by atoms with Gasteiger partial charge in [0.05, 0.1) is 0 Å². The minimum Gasteiger partial charge on any atom is -0.310 e. The van der Waals surface area contributed by atoms with Crippen LogP contribution >= 0.6 is 11.3 Å². The number of likely N-dealkylation sites (N-methyl/N-ethyl adjacent to an activating group) is 1. The maximum Gasteiger partial charge on any atom is 0.0328 e. The minimum atomic E-state index is 0.392. The van der Waals surface area contributed by atoms with E-state index in [1.807, 2.05) is 11.3 Å². The van der Waals surface area contributed by atoms with Crippen molar-refractivity contribution in [2.45, 2.75) is 51.1 Å². The van der Waals surface area contributed by atoms with Crippen LogP contribution in [0.1, 0.15) is 42.5 Å². The van der Waals surface area contributed by atoms with Gasteiger partial charge < -0.3 is 10.2 Å². The number of nitrogens with zero attached hydrogens (tertiary/aromatic N) is 1. The van der Waals surface area contributed by atoms with Crippen molar-refractivity contribution >= 4 is 11.3 Å². The highest BCUT2D eigenvalue weighted by Gasteiger charge is 2.33. The molecule has 0 saturated heterocycles. The largest absolute Gasteiger partial charge is 0.310 e. The maximum absolute atomic E-state index is 3.69. The summed E-state index contributed by atoms with van der Waals surface area (Å²) in [6, 6.07) is 2.21. The van der Waals surface area contributed by atoms with E-state index in [4.69, 9.17) is 0 Å². The normalized spacial score (nSPS) is 19.3. The van der Waals surface area contributed by atoms with E-state index < -0.39 is 0 Å². The second kappa shape index (κ2) is 6.18. The van der Waals surface area contributed by atoms with E-state index in [9.17, 15) is 0 Å². The zero-order valence-corrected chi connectivity index (χ0v) is 12.8. The standard InChI is InChI=1S/C15H26N2S/c1-13-7-10-18-14(13)11-16-12-15(17(2)3)8-5-4-6-9-15/h7,10,16H,4-6,8-9,11-12H2,1-3H3. The number of hydrogen-bond acceptors (Lipinski definition) is 3. The van der Waals surface area contributed by atoms with Crippen molar-refractivity contribution in [2.75, 3.05) is 20.6 Å². The molecule has 0 aromatic carbocycles. The first-order valence-corrected chi connectivity index (χ1v) is 7.93. The van der Waals surface area contributed by atoms with Gasteiger partial charge in [0.2, 0.25) is 0 Å². The summed E-state index contributed by atoms with van der Waals surface area (Å²) < 4.78 is 0. The van der Waals surface area contributed by atoms with Crippen LogP contribution in [0.3, 0.4) is 0 Å². The predicted molar refractivity (Wildman–Crippen MR) is 80.3 cm³/mol. The molecule has 1 aliphatic rings. The first-order chi connectivity index (χ1) is 8.64. The summed E-state index contributed by atoms with van der Waals surface area (Å²) >= 11 is 1.87. The van der Waals surface area contributed by atoms with Gasteiger partial charge in [-0.05, 0) is 50.9 Å². The number of rotatable bonds is 5. The molecule has 0 aliphatic heterocycles. The molecule has 1 fully saturated rings. The predicted octanol–water partition coefficient (Wildman–Crippen LogP) is 3.41. The number of nitrogens with one attached hydrogen (secondary N) is 1. The lowest BCUT2D eigenvalue weighted by molar-refractivity contribution is 0.0984. The summed E-state index contributed by atoms with van der Waals surface area (Å²) in [5.74, 6) is 0. The molecule has 102 valence electrons. The molecule has 0 amide bonds. The third-order valence-corrected chi connectivity index (χ3v) is 5.46. The monoisotopic (exact) mass is 266 g/mol. The van der Waals surface area contributed by atoms with E-state index in [0.717, 1.165) is 13.1 Å². The molecule has 0 unspecified atom stereocenters. The van der Waals surface area contributed by atoms with Crippen molar-refractivity contribution in [1.82, 2.24) is 10.2 Å². The van der Waals surface area contributed by atoms with Gasteiger partial charge in [-0.2, -0.15) is 0 Å². The third kappa shape index (κ3) is 3.14. The van der Waals surface area contributed by atoms with Crippen molar-refractivity contribution in [2.24, 2.45) is 0 Å². The zero-order valence-electron chi connectivity index (χ0n) is 12.0.